The number of quaternary nitrogens is 1. The van der Waals surface area contributed by atoms with E-state index in [2.05, 4.69) is 0 Å². The van der Waals surface area contributed by atoms with Gasteiger partial charge in [-0.15, -0.1) is 0 Å². The van der Waals surface area contributed by atoms with Crippen molar-refractivity contribution in [2.45, 2.75) is 19.3 Å². The van der Waals surface area contributed by atoms with Crippen molar-refractivity contribution in [1.29, 1.82) is 0 Å². The summed E-state index contributed by atoms with van der Waals surface area (Å²) in [5.74, 6) is 0.799. The molecule has 2 aromatic rings. The molecule has 3 rings (SSSR count). The van der Waals surface area contributed by atoms with E-state index in [1.165, 1.54) is 21.3 Å². The molecule has 6 nitrogen and oxygen atoms in total. The van der Waals surface area contributed by atoms with Gasteiger partial charge in [0.05, 0.1) is 45.5 Å². The van der Waals surface area contributed by atoms with Gasteiger partial charge in [0.25, 0.3) is 0 Å². The summed E-state index contributed by atoms with van der Waals surface area (Å²) in [6, 6.07) is 12.3. The molecule has 2 amide bonds. The quantitative estimate of drug-likeness (QED) is 0.581. The number of piperidine rings is 1. The highest BCUT2D eigenvalue weighted by Crippen LogP contribution is 2.39. The second-order valence-corrected chi connectivity index (χ2v) is 6.87. The lowest BCUT2D eigenvalue weighted by Crippen LogP contribution is -2.59. The number of benzene rings is 2. The molecule has 1 fully saturated rings. The van der Waals surface area contributed by atoms with E-state index in [1.807, 2.05) is 18.2 Å². The summed E-state index contributed by atoms with van der Waals surface area (Å²) in [5, 5.41) is 0. The Bertz CT molecular complexity index is 831. The molecule has 0 spiro atoms. The maximum Gasteiger partial charge on any atom is 0.353 e. The zero-order valence-corrected chi connectivity index (χ0v) is 16.6. The molecule has 6 heteroatoms. The number of carbonyl (C=O) groups is 2. The van der Waals surface area contributed by atoms with Crippen LogP contribution in [-0.2, 0) is 0 Å². The Hall–Kier alpha value is -2.86. The molecule has 1 aliphatic rings. The molecule has 28 heavy (non-hydrogen) atoms. The molecule has 0 N–H and O–H groups in total. The fourth-order valence-electron chi connectivity index (χ4n) is 3.83. The molecule has 0 bridgehead atoms. The van der Waals surface area contributed by atoms with Crippen molar-refractivity contribution in [3.05, 3.63) is 53.6 Å². The Morgan fingerprint density at radius 1 is 0.750 bits per heavy atom. The minimum Gasteiger partial charge on any atom is -0.493 e. The normalized spacial score (nSPS) is 15.5. The molecule has 148 valence electrons. The fraction of sp³-hybridized carbons (Fsp3) is 0.364. The molecule has 1 saturated heterocycles. The third-order valence-corrected chi connectivity index (χ3v) is 5.29. The Morgan fingerprint density at radius 2 is 1.29 bits per heavy atom. The van der Waals surface area contributed by atoms with Gasteiger partial charge < -0.3 is 14.2 Å². The second kappa shape index (κ2) is 8.44. The van der Waals surface area contributed by atoms with Gasteiger partial charge >= 0.3 is 11.8 Å². The van der Waals surface area contributed by atoms with Crippen LogP contribution < -0.4 is 14.2 Å². The van der Waals surface area contributed by atoms with Crippen molar-refractivity contribution < 1.29 is 28.3 Å². The third-order valence-electron chi connectivity index (χ3n) is 5.29. The molecule has 0 atom stereocenters. The van der Waals surface area contributed by atoms with Crippen molar-refractivity contribution in [3.8, 4) is 17.2 Å². The van der Waals surface area contributed by atoms with Crippen LogP contribution in [0, 0.1) is 0 Å². The number of nitrogens with zero attached hydrogens (tertiary/aromatic N) is 1. The third kappa shape index (κ3) is 3.47. The lowest BCUT2D eigenvalue weighted by molar-refractivity contribution is -0.772. The standard InChI is InChI=1S/C22H26NO5/c1-26-18-14-17(15-19(27-2)20(18)28-3)22(25)23(12-8-5-9-13-23)21(24)16-10-6-4-7-11-16/h4,6-7,10-11,14-15H,5,8-9,12-13H2,1-3H3/q+1. The van der Waals surface area contributed by atoms with Crippen LogP contribution in [0.15, 0.2) is 42.5 Å². The van der Waals surface area contributed by atoms with Crippen LogP contribution in [0.3, 0.4) is 0 Å². The van der Waals surface area contributed by atoms with Gasteiger partial charge in [-0.3, -0.25) is 0 Å². The maximum absolute atomic E-state index is 13.7. The molecular weight excluding hydrogens is 358 g/mol. The summed E-state index contributed by atoms with van der Waals surface area (Å²) in [4.78, 5) is 27.1. The summed E-state index contributed by atoms with van der Waals surface area (Å²) in [6.07, 6.45) is 2.67. The molecule has 0 radical (unpaired) electrons. The van der Waals surface area contributed by atoms with E-state index in [9.17, 15) is 9.59 Å². The monoisotopic (exact) mass is 384 g/mol. The number of ether oxygens (including phenoxy) is 3. The van der Waals surface area contributed by atoms with E-state index in [4.69, 9.17) is 14.2 Å². The van der Waals surface area contributed by atoms with Crippen LogP contribution in [0.4, 0.5) is 0 Å². The first-order valence-electron chi connectivity index (χ1n) is 9.39. The topological polar surface area (TPSA) is 61.8 Å². The van der Waals surface area contributed by atoms with Crippen LogP contribution in [-0.4, -0.2) is 50.7 Å². The predicted octanol–water partition coefficient (Wildman–Crippen LogP) is 3.69. The summed E-state index contributed by atoms with van der Waals surface area (Å²) < 4.78 is 15.9. The summed E-state index contributed by atoms with van der Waals surface area (Å²) in [7, 11) is 4.53. The van der Waals surface area contributed by atoms with Gasteiger partial charge in [-0.05, 0) is 31.4 Å². The maximum atomic E-state index is 13.7. The Labute approximate surface area is 165 Å². The Kier molecular flexibility index (Phi) is 5.99. The predicted molar refractivity (Wildman–Crippen MR) is 105 cm³/mol. The number of likely N-dealkylation sites (tertiary alicyclic amines) is 1. The fourth-order valence-corrected chi connectivity index (χ4v) is 3.83. The van der Waals surface area contributed by atoms with E-state index >= 15 is 0 Å². The smallest absolute Gasteiger partial charge is 0.353 e. The highest BCUT2D eigenvalue weighted by Gasteiger charge is 2.47. The summed E-state index contributed by atoms with van der Waals surface area (Å²) in [5.41, 5.74) is 0.922. The van der Waals surface area contributed by atoms with Gasteiger partial charge in [-0.25, -0.2) is 9.59 Å². The average molecular weight is 384 g/mol. The van der Waals surface area contributed by atoms with Gasteiger partial charge in [0.1, 0.15) is 0 Å². The number of imide groups is 1. The van der Waals surface area contributed by atoms with Crippen molar-refractivity contribution in [1.82, 2.24) is 0 Å². The van der Waals surface area contributed by atoms with Crippen molar-refractivity contribution in [2.24, 2.45) is 0 Å². The highest BCUT2D eigenvalue weighted by atomic mass is 16.5. The van der Waals surface area contributed by atoms with Crippen LogP contribution in [0.1, 0.15) is 40.0 Å². The van der Waals surface area contributed by atoms with Gasteiger partial charge in [-0.1, -0.05) is 18.2 Å². The van der Waals surface area contributed by atoms with Crippen molar-refractivity contribution in [2.75, 3.05) is 34.4 Å². The van der Waals surface area contributed by atoms with E-state index < -0.39 is 0 Å². The first-order chi connectivity index (χ1) is 13.6. The molecule has 2 aromatic carbocycles. The summed E-state index contributed by atoms with van der Waals surface area (Å²) in [6.45, 7) is 0.979. The first kappa shape index (κ1) is 19.9. The molecule has 0 aromatic heterocycles. The van der Waals surface area contributed by atoms with Gasteiger partial charge in [-0.2, -0.15) is 4.48 Å². The Morgan fingerprint density at radius 3 is 1.79 bits per heavy atom. The van der Waals surface area contributed by atoms with Crippen molar-refractivity contribution >= 4 is 11.8 Å². The molecule has 0 unspecified atom stereocenters. The lowest BCUT2D eigenvalue weighted by atomic mass is 10.0. The van der Waals surface area contributed by atoms with E-state index in [0.717, 1.165) is 19.3 Å². The van der Waals surface area contributed by atoms with Crippen LogP contribution in [0.5, 0.6) is 17.2 Å². The number of hydrogen-bond donors (Lipinski definition) is 0. The van der Waals surface area contributed by atoms with Crippen molar-refractivity contribution in [3.63, 3.8) is 0 Å². The molecular formula is C22H26NO5+. The van der Waals surface area contributed by atoms with Gasteiger partial charge in [0.15, 0.2) is 11.5 Å². The number of hydrogen-bond acceptors (Lipinski definition) is 5. The molecule has 0 aliphatic carbocycles. The van der Waals surface area contributed by atoms with Gasteiger partial charge in [0.2, 0.25) is 5.75 Å². The van der Waals surface area contributed by atoms with Crippen LogP contribution in [0.2, 0.25) is 0 Å². The number of rotatable bonds is 5. The molecule has 1 aliphatic heterocycles. The van der Waals surface area contributed by atoms with E-state index in [1.54, 1.807) is 24.3 Å². The average Bonchev–Trinajstić information content (AvgIpc) is 2.77. The minimum absolute atomic E-state index is 0.168. The van der Waals surface area contributed by atoms with Crippen LogP contribution in [0.25, 0.3) is 0 Å². The zero-order chi connectivity index (χ0) is 20.1. The van der Waals surface area contributed by atoms with Crippen LogP contribution >= 0.6 is 0 Å². The molecule has 0 saturated carbocycles. The number of amides is 2. The minimum atomic E-state index is -0.243. The first-order valence-corrected chi connectivity index (χ1v) is 9.39. The zero-order valence-electron chi connectivity index (χ0n) is 16.6. The number of methoxy groups -OCH3 is 3. The Balaban J connectivity index is 2.09. The van der Waals surface area contributed by atoms with Gasteiger partial charge in [0, 0.05) is 12.1 Å². The lowest BCUT2D eigenvalue weighted by Gasteiger charge is -2.36. The van der Waals surface area contributed by atoms with E-state index in [-0.39, 0.29) is 16.3 Å². The SMILES string of the molecule is COc1cc(C(=O)[N+]2(C(=O)c3ccccc3)CCCCC2)cc(OC)c1OC. The molecule has 1 heterocycles. The highest BCUT2D eigenvalue weighted by molar-refractivity contribution is 6.02. The summed E-state index contributed by atoms with van der Waals surface area (Å²) >= 11 is 0. The largest absolute Gasteiger partial charge is 0.493 e. The second-order valence-electron chi connectivity index (χ2n) is 6.87. The van der Waals surface area contributed by atoms with E-state index in [0.29, 0.717) is 41.5 Å². The number of carbonyl (C=O) groups excluding carboxylic acids is 2.